The first-order chi connectivity index (χ1) is 9.34. The number of aryl methyl sites for hydroxylation is 1. The lowest BCUT2D eigenvalue weighted by atomic mass is 9.89. The molecule has 3 aromatic rings. The number of benzene rings is 2. The number of rotatable bonds is 0. The van der Waals surface area contributed by atoms with E-state index in [0.29, 0.717) is 0 Å². The van der Waals surface area contributed by atoms with E-state index in [9.17, 15) is 0 Å². The van der Waals surface area contributed by atoms with Crippen molar-refractivity contribution in [2.75, 3.05) is 0 Å². The van der Waals surface area contributed by atoms with Gasteiger partial charge in [-0.25, -0.2) is 0 Å². The number of nitrogens with one attached hydrogen (secondary N) is 1. The Bertz CT molecular complexity index is 845. The number of fused-ring (bicyclic) bond motifs is 5. The average molecular weight is 265 g/mol. The molecule has 19 heavy (non-hydrogen) atoms. The van der Waals surface area contributed by atoms with Gasteiger partial charge in [-0.05, 0) is 42.2 Å². The molecule has 0 bridgehead atoms. The highest BCUT2D eigenvalue weighted by atomic mass is 32.1. The fourth-order valence-corrected chi connectivity index (χ4v) is 3.63. The van der Waals surface area contributed by atoms with Gasteiger partial charge in [0.2, 0.25) is 0 Å². The number of pyridine rings is 1. The standard InChI is InChI=1S/C17H15NS/c19-17-15-8-4-3-7-13(15)14-10-9-11-5-1-2-6-12(11)16(14)18-17/h1-2,5-6,9-10H,3-4,7-8H2,(H,18,19). The van der Waals surface area contributed by atoms with E-state index >= 15 is 0 Å². The zero-order chi connectivity index (χ0) is 12.8. The second kappa shape index (κ2) is 4.17. The maximum atomic E-state index is 5.57. The lowest BCUT2D eigenvalue weighted by Gasteiger charge is -2.18. The molecule has 1 aliphatic rings. The second-order valence-electron chi connectivity index (χ2n) is 5.33. The monoisotopic (exact) mass is 265 g/mol. The van der Waals surface area contributed by atoms with Crippen molar-refractivity contribution in [3.05, 3.63) is 52.2 Å². The van der Waals surface area contributed by atoms with Gasteiger partial charge in [-0.2, -0.15) is 0 Å². The molecule has 1 N–H and O–H groups in total. The molecule has 1 nitrogen and oxygen atoms in total. The van der Waals surface area contributed by atoms with Crippen molar-refractivity contribution in [3.8, 4) is 0 Å². The van der Waals surface area contributed by atoms with Gasteiger partial charge in [0.25, 0.3) is 0 Å². The number of aromatic amines is 1. The lowest BCUT2D eigenvalue weighted by molar-refractivity contribution is 0.686. The zero-order valence-electron chi connectivity index (χ0n) is 10.7. The number of hydrogen-bond acceptors (Lipinski definition) is 1. The summed E-state index contributed by atoms with van der Waals surface area (Å²) in [5.74, 6) is 0. The predicted molar refractivity (Wildman–Crippen MR) is 83.3 cm³/mol. The predicted octanol–water partition coefficient (Wildman–Crippen LogP) is 4.93. The summed E-state index contributed by atoms with van der Waals surface area (Å²) < 4.78 is 0.943. The molecule has 1 aromatic heterocycles. The largest absolute Gasteiger partial charge is 0.345 e. The summed E-state index contributed by atoms with van der Waals surface area (Å²) in [7, 11) is 0. The minimum absolute atomic E-state index is 0.943. The number of hydrogen-bond donors (Lipinski definition) is 1. The van der Waals surface area contributed by atoms with Gasteiger partial charge in [0, 0.05) is 10.8 Å². The Hall–Kier alpha value is -1.67. The Labute approximate surface area is 117 Å². The molecular weight excluding hydrogens is 250 g/mol. The van der Waals surface area contributed by atoms with Crippen LogP contribution in [0.1, 0.15) is 24.0 Å². The van der Waals surface area contributed by atoms with E-state index in [4.69, 9.17) is 12.2 Å². The molecule has 0 radical (unpaired) electrons. The van der Waals surface area contributed by atoms with Crippen LogP contribution in [0.15, 0.2) is 36.4 Å². The Morgan fingerprint density at radius 1 is 0.842 bits per heavy atom. The van der Waals surface area contributed by atoms with Crippen molar-refractivity contribution < 1.29 is 0 Å². The minimum Gasteiger partial charge on any atom is -0.345 e. The maximum absolute atomic E-state index is 5.57. The van der Waals surface area contributed by atoms with Gasteiger partial charge in [-0.3, -0.25) is 0 Å². The van der Waals surface area contributed by atoms with Crippen LogP contribution in [-0.4, -0.2) is 4.98 Å². The fourth-order valence-electron chi connectivity index (χ4n) is 3.30. The first-order valence-electron chi connectivity index (χ1n) is 6.90. The van der Waals surface area contributed by atoms with Gasteiger partial charge >= 0.3 is 0 Å². The second-order valence-corrected chi connectivity index (χ2v) is 5.74. The summed E-state index contributed by atoms with van der Waals surface area (Å²) in [5, 5.41) is 3.91. The van der Waals surface area contributed by atoms with E-state index in [0.717, 1.165) is 11.1 Å². The smallest absolute Gasteiger partial charge is 0.107 e. The third-order valence-electron chi connectivity index (χ3n) is 4.23. The SMILES string of the molecule is S=c1[nH]c2c(ccc3ccccc32)c2c1CCCC2. The highest BCUT2D eigenvalue weighted by Gasteiger charge is 2.15. The molecule has 2 heteroatoms. The van der Waals surface area contributed by atoms with E-state index in [1.807, 2.05) is 0 Å². The van der Waals surface area contributed by atoms with Crippen LogP contribution in [-0.2, 0) is 12.8 Å². The van der Waals surface area contributed by atoms with Gasteiger partial charge in [0.1, 0.15) is 4.64 Å². The Morgan fingerprint density at radius 3 is 2.53 bits per heavy atom. The van der Waals surface area contributed by atoms with Crippen LogP contribution >= 0.6 is 12.2 Å². The van der Waals surface area contributed by atoms with E-state index in [2.05, 4.69) is 41.4 Å². The Balaban J connectivity index is 2.22. The zero-order valence-corrected chi connectivity index (χ0v) is 11.5. The van der Waals surface area contributed by atoms with Crippen molar-refractivity contribution in [1.29, 1.82) is 0 Å². The fraction of sp³-hybridized carbons (Fsp3) is 0.235. The Kier molecular flexibility index (Phi) is 2.46. The van der Waals surface area contributed by atoms with Crippen LogP contribution < -0.4 is 0 Å². The quantitative estimate of drug-likeness (QED) is 0.450. The average Bonchev–Trinajstić information content (AvgIpc) is 2.47. The molecule has 0 atom stereocenters. The van der Waals surface area contributed by atoms with Crippen LogP contribution in [0, 0.1) is 4.64 Å². The molecule has 0 saturated carbocycles. The molecular formula is C17H15NS. The summed E-state index contributed by atoms with van der Waals surface area (Å²) in [6.07, 6.45) is 4.85. The molecule has 94 valence electrons. The van der Waals surface area contributed by atoms with Crippen LogP contribution in [0.2, 0.25) is 0 Å². The van der Waals surface area contributed by atoms with Gasteiger partial charge in [0.15, 0.2) is 0 Å². The summed E-state index contributed by atoms with van der Waals surface area (Å²) in [4.78, 5) is 3.48. The van der Waals surface area contributed by atoms with Crippen LogP contribution in [0.4, 0.5) is 0 Å². The van der Waals surface area contributed by atoms with Crippen LogP contribution in [0.25, 0.3) is 21.7 Å². The Morgan fingerprint density at radius 2 is 1.63 bits per heavy atom. The first-order valence-corrected chi connectivity index (χ1v) is 7.31. The van der Waals surface area contributed by atoms with Gasteiger partial charge < -0.3 is 4.98 Å². The maximum Gasteiger partial charge on any atom is 0.107 e. The van der Waals surface area contributed by atoms with E-state index < -0.39 is 0 Å². The number of H-pyrrole nitrogens is 1. The van der Waals surface area contributed by atoms with Gasteiger partial charge in [-0.15, -0.1) is 0 Å². The molecule has 0 amide bonds. The molecule has 1 heterocycles. The lowest BCUT2D eigenvalue weighted by Crippen LogP contribution is -2.05. The third-order valence-corrected chi connectivity index (χ3v) is 4.58. The van der Waals surface area contributed by atoms with E-state index in [1.165, 1.54) is 52.1 Å². The highest BCUT2D eigenvalue weighted by Crippen LogP contribution is 2.32. The molecule has 0 unspecified atom stereocenters. The summed E-state index contributed by atoms with van der Waals surface area (Å²) in [6.45, 7) is 0. The van der Waals surface area contributed by atoms with Crippen molar-refractivity contribution in [2.24, 2.45) is 0 Å². The normalized spacial score (nSPS) is 14.7. The van der Waals surface area contributed by atoms with Gasteiger partial charge in [-0.1, -0.05) is 48.6 Å². The van der Waals surface area contributed by atoms with Crippen LogP contribution in [0.3, 0.4) is 0 Å². The summed E-state index contributed by atoms with van der Waals surface area (Å²) >= 11 is 5.57. The van der Waals surface area contributed by atoms with E-state index in [-0.39, 0.29) is 0 Å². The minimum atomic E-state index is 0.943. The van der Waals surface area contributed by atoms with E-state index in [1.54, 1.807) is 0 Å². The van der Waals surface area contributed by atoms with Crippen molar-refractivity contribution in [2.45, 2.75) is 25.7 Å². The first kappa shape index (κ1) is 11.2. The molecule has 2 aromatic carbocycles. The van der Waals surface area contributed by atoms with Crippen LogP contribution in [0.5, 0.6) is 0 Å². The molecule has 0 fully saturated rings. The third kappa shape index (κ3) is 1.63. The molecule has 0 spiro atoms. The summed E-state index contributed by atoms with van der Waals surface area (Å²) in [5.41, 5.74) is 4.07. The molecule has 0 saturated heterocycles. The molecule has 4 rings (SSSR count). The summed E-state index contributed by atoms with van der Waals surface area (Å²) in [6, 6.07) is 13.0. The topological polar surface area (TPSA) is 15.8 Å². The van der Waals surface area contributed by atoms with Gasteiger partial charge in [0.05, 0.1) is 5.52 Å². The number of aromatic nitrogens is 1. The van der Waals surface area contributed by atoms with Crippen molar-refractivity contribution >= 4 is 33.9 Å². The molecule has 0 aliphatic heterocycles. The highest BCUT2D eigenvalue weighted by molar-refractivity contribution is 7.71. The molecule has 1 aliphatic carbocycles. The van der Waals surface area contributed by atoms with Crippen molar-refractivity contribution in [1.82, 2.24) is 4.98 Å². The van der Waals surface area contributed by atoms with Crippen molar-refractivity contribution in [3.63, 3.8) is 0 Å².